The van der Waals surface area contributed by atoms with Crippen molar-refractivity contribution in [3.05, 3.63) is 59.8 Å². The van der Waals surface area contributed by atoms with Crippen molar-refractivity contribution < 1.29 is 4.79 Å². The fourth-order valence-electron chi connectivity index (χ4n) is 2.21. The molecule has 0 aliphatic heterocycles. The Morgan fingerprint density at radius 2 is 2.00 bits per heavy atom. The minimum Gasteiger partial charge on any atom is -0.398 e. The van der Waals surface area contributed by atoms with E-state index < -0.39 is 5.91 Å². The highest BCUT2D eigenvalue weighted by Gasteiger charge is 2.07. The van der Waals surface area contributed by atoms with E-state index in [1.54, 1.807) is 12.1 Å². The van der Waals surface area contributed by atoms with Crippen molar-refractivity contribution in [2.45, 2.75) is 6.54 Å². The first-order valence-corrected chi connectivity index (χ1v) is 6.24. The maximum Gasteiger partial charge on any atom is 0.248 e. The molecular weight excluding hydrogens is 252 g/mol. The van der Waals surface area contributed by atoms with Crippen LogP contribution in [0.25, 0.3) is 10.9 Å². The third-order valence-corrected chi connectivity index (χ3v) is 3.30. The minimum absolute atomic E-state index is 0.413. The maximum atomic E-state index is 11.1. The van der Waals surface area contributed by atoms with E-state index in [9.17, 15) is 4.79 Å². The van der Waals surface area contributed by atoms with Gasteiger partial charge in [-0.25, -0.2) is 0 Å². The number of fused-ring (bicyclic) bond motifs is 1. The molecule has 2 aromatic carbocycles. The molecule has 0 bridgehead atoms. The molecule has 0 saturated carbocycles. The molecule has 3 rings (SSSR count). The van der Waals surface area contributed by atoms with Crippen LogP contribution < -0.4 is 11.5 Å². The Balaban J connectivity index is 1.97. The van der Waals surface area contributed by atoms with E-state index >= 15 is 0 Å². The van der Waals surface area contributed by atoms with Crippen LogP contribution in [0.5, 0.6) is 0 Å². The third-order valence-electron chi connectivity index (χ3n) is 3.30. The largest absolute Gasteiger partial charge is 0.398 e. The second-order valence-corrected chi connectivity index (χ2v) is 4.64. The molecule has 0 saturated heterocycles. The van der Waals surface area contributed by atoms with Crippen LogP contribution in [0.2, 0.25) is 0 Å². The molecule has 1 heterocycles. The van der Waals surface area contributed by atoms with Crippen LogP contribution in [0.1, 0.15) is 15.9 Å². The molecule has 0 atom stereocenters. The summed E-state index contributed by atoms with van der Waals surface area (Å²) in [6.45, 7) is 0.554. The minimum atomic E-state index is -0.479. The van der Waals surface area contributed by atoms with Gasteiger partial charge in [0.1, 0.15) is 0 Å². The molecular formula is C15H14N4O. The van der Waals surface area contributed by atoms with Crippen LogP contribution in [0.3, 0.4) is 0 Å². The second-order valence-electron chi connectivity index (χ2n) is 4.64. The van der Waals surface area contributed by atoms with Gasteiger partial charge in [0.2, 0.25) is 5.91 Å². The number of nitrogens with two attached hydrogens (primary N) is 2. The lowest BCUT2D eigenvalue weighted by Crippen LogP contribution is -2.12. The van der Waals surface area contributed by atoms with Gasteiger partial charge in [0.25, 0.3) is 0 Å². The van der Waals surface area contributed by atoms with E-state index in [2.05, 4.69) is 5.10 Å². The molecule has 5 nitrogen and oxygen atoms in total. The van der Waals surface area contributed by atoms with Gasteiger partial charge in [-0.05, 0) is 23.8 Å². The lowest BCUT2D eigenvalue weighted by molar-refractivity contribution is 0.100. The van der Waals surface area contributed by atoms with Crippen LogP contribution in [0.4, 0.5) is 5.69 Å². The maximum absolute atomic E-state index is 11.1. The summed E-state index contributed by atoms with van der Waals surface area (Å²) in [7, 11) is 0. The SMILES string of the molecule is NC(=O)c1ccc(Cn2ncc3ccccc32)c(N)c1. The highest BCUT2D eigenvalue weighted by atomic mass is 16.1. The Morgan fingerprint density at radius 3 is 2.75 bits per heavy atom. The summed E-state index contributed by atoms with van der Waals surface area (Å²) in [5.74, 6) is -0.479. The number of primary amides is 1. The van der Waals surface area contributed by atoms with Crippen molar-refractivity contribution in [1.29, 1.82) is 0 Å². The zero-order chi connectivity index (χ0) is 14.1. The van der Waals surface area contributed by atoms with Gasteiger partial charge in [0.05, 0.1) is 18.3 Å². The highest BCUT2D eigenvalue weighted by molar-refractivity contribution is 5.93. The number of benzene rings is 2. The van der Waals surface area contributed by atoms with Gasteiger partial charge < -0.3 is 11.5 Å². The van der Waals surface area contributed by atoms with Crippen molar-refractivity contribution in [3.63, 3.8) is 0 Å². The number of hydrogen-bond donors (Lipinski definition) is 2. The summed E-state index contributed by atoms with van der Waals surface area (Å²) in [6, 6.07) is 13.1. The first kappa shape index (κ1) is 12.2. The number of nitrogen functional groups attached to an aromatic ring is 1. The summed E-state index contributed by atoms with van der Waals surface area (Å²) in [5, 5.41) is 5.44. The van der Waals surface area contributed by atoms with Gasteiger partial charge in [-0.1, -0.05) is 24.3 Å². The average Bonchev–Trinajstić information content (AvgIpc) is 2.84. The zero-order valence-corrected chi connectivity index (χ0v) is 10.8. The van der Waals surface area contributed by atoms with E-state index in [1.165, 1.54) is 0 Å². The van der Waals surface area contributed by atoms with Gasteiger partial charge in [-0.2, -0.15) is 5.10 Å². The van der Waals surface area contributed by atoms with Crippen molar-refractivity contribution in [3.8, 4) is 0 Å². The molecule has 20 heavy (non-hydrogen) atoms. The summed E-state index contributed by atoms with van der Waals surface area (Å²) in [6.07, 6.45) is 1.82. The predicted molar refractivity (Wildman–Crippen MR) is 78.2 cm³/mol. The molecule has 0 aliphatic rings. The predicted octanol–water partition coefficient (Wildman–Crippen LogP) is 1.77. The third kappa shape index (κ3) is 2.09. The standard InChI is InChI=1S/C15H14N4O/c16-13-7-10(15(17)20)5-6-12(13)9-19-14-4-2-1-3-11(14)8-18-19/h1-8H,9,16H2,(H2,17,20). The van der Waals surface area contributed by atoms with E-state index in [4.69, 9.17) is 11.5 Å². The molecule has 0 unspecified atom stereocenters. The first-order valence-electron chi connectivity index (χ1n) is 6.24. The number of para-hydroxylation sites is 1. The lowest BCUT2D eigenvalue weighted by atomic mass is 10.1. The van der Waals surface area contributed by atoms with Gasteiger partial charge in [-0.15, -0.1) is 0 Å². The molecule has 1 amide bonds. The monoisotopic (exact) mass is 266 g/mol. The smallest absolute Gasteiger partial charge is 0.248 e. The van der Waals surface area contributed by atoms with Gasteiger partial charge in [-0.3, -0.25) is 9.48 Å². The number of rotatable bonds is 3. The zero-order valence-electron chi connectivity index (χ0n) is 10.8. The van der Waals surface area contributed by atoms with Crippen molar-refractivity contribution in [2.24, 2.45) is 5.73 Å². The Labute approximate surface area is 115 Å². The van der Waals surface area contributed by atoms with Crippen molar-refractivity contribution in [1.82, 2.24) is 9.78 Å². The lowest BCUT2D eigenvalue weighted by Gasteiger charge is -2.08. The summed E-state index contributed by atoms with van der Waals surface area (Å²) in [5.41, 5.74) is 14.1. The van der Waals surface area contributed by atoms with Crippen LogP contribution >= 0.6 is 0 Å². The Hall–Kier alpha value is -2.82. The van der Waals surface area contributed by atoms with Crippen molar-refractivity contribution in [2.75, 3.05) is 5.73 Å². The van der Waals surface area contributed by atoms with Gasteiger partial charge in [0.15, 0.2) is 0 Å². The Morgan fingerprint density at radius 1 is 1.20 bits per heavy atom. The molecule has 0 aliphatic carbocycles. The van der Waals surface area contributed by atoms with Crippen molar-refractivity contribution >= 4 is 22.5 Å². The van der Waals surface area contributed by atoms with E-state index in [0.717, 1.165) is 16.5 Å². The molecule has 0 radical (unpaired) electrons. The quantitative estimate of drug-likeness (QED) is 0.708. The van der Waals surface area contributed by atoms with Crippen LogP contribution in [0.15, 0.2) is 48.7 Å². The van der Waals surface area contributed by atoms with Gasteiger partial charge >= 0.3 is 0 Å². The number of hydrogen-bond acceptors (Lipinski definition) is 3. The molecule has 1 aromatic heterocycles. The fraction of sp³-hybridized carbons (Fsp3) is 0.0667. The van der Waals surface area contributed by atoms with Crippen LogP contribution in [0, 0.1) is 0 Å². The molecule has 100 valence electrons. The number of carbonyl (C=O) groups excluding carboxylic acids is 1. The number of aromatic nitrogens is 2. The molecule has 0 fully saturated rings. The summed E-state index contributed by atoms with van der Waals surface area (Å²) in [4.78, 5) is 11.1. The number of carbonyl (C=O) groups is 1. The topological polar surface area (TPSA) is 86.9 Å². The fourth-order valence-corrected chi connectivity index (χ4v) is 2.21. The van der Waals surface area contributed by atoms with Gasteiger partial charge in [0, 0.05) is 16.6 Å². The Bertz CT molecular complexity index is 791. The number of amides is 1. The molecule has 0 spiro atoms. The number of anilines is 1. The van der Waals surface area contributed by atoms with E-state index in [-0.39, 0.29) is 0 Å². The molecule has 4 N–H and O–H groups in total. The van der Waals surface area contributed by atoms with Crippen LogP contribution in [-0.2, 0) is 6.54 Å². The summed E-state index contributed by atoms with van der Waals surface area (Å²) >= 11 is 0. The highest BCUT2D eigenvalue weighted by Crippen LogP contribution is 2.19. The van der Waals surface area contributed by atoms with Crippen LogP contribution in [-0.4, -0.2) is 15.7 Å². The molecule has 3 aromatic rings. The normalized spacial score (nSPS) is 10.8. The molecule has 5 heteroatoms. The second kappa shape index (κ2) is 4.70. The Kier molecular flexibility index (Phi) is 2.87. The van der Waals surface area contributed by atoms with E-state index in [1.807, 2.05) is 41.2 Å². The summed E-state index contributed by atoms with van der Waals surface area (Å²) < 4.78 is 1.88. The average molecular weight is 266 g/mol. The number of nitrogens with zero attached hydrogens (tertiary/aromatic N) is 2. The van der Waals surface area contributed by atoms with E-state index in [0.29, 0.717) is 17.8 Å². The first-order chi connectivity index (χ1) is 9.65.